The Balaban J connectivity index is 1.96. The maximum Gasteiger partial charge on any atom is 0.253 e. The summed E-state index contributed by atoms with van der Waals surface area (Å²) in [5, 5.41) is 6.57. The standard InChI is InChI=1S/C25H29FIN5O/c1-17-4-9-21(31-22(14-17)19-7-5-18(16-33)6-8-19)23(29-13-11-25(2,26)27)15-20(28)24-10-12-30-32(24)3/h5-10,12,14-17,31H,4,11,13H2,1-3H3,(H2,28,29)/p+1. The van der Waals surface area contributed by atoms with Crippen molar-refractivity contribution < 1.29 is 13.9 Å². The summed E-state index contributed by atoms with van der Waals surface area (Å²) >= 11 is 1.79. The minimum atomic E-state index is -1.33. The fourth-order valence-corrected chi connectivity index (χ4v) is 3.72. The molecule has 0 spiro atoms. The van der Waals surface area contributed by atoms with Gasteiger partial charge in [-0.3, -0.25) is 9.79 Å². The highest BCUT2D eigenvalue weighted by Crippen LogP contribution is 2.25. The van der Waals surface area contributed by atoms with Gasteiger partial charge in [0.1, 0.15) is 12.0 Å². The molecule has 0 saturated carbocycles. The van der Waals surface area contributed by atoms with Crippen molar-refractivity contribution in [2.75, 3.05) is 6.54 Å². The van der Waals surface area contributed by atoms with E-state index in [2.05, 4.69) is 29.5 Å². The topological polar surface area (TPSA) is 87.1 Å². The Bertz CT molecular complexity index is 1110. The lowest BCUT2D eigenvalue weighted by molar-refractivity contribution is -0.728. The number of allylic oxidation sites excluding steroid dienone is 3. The monoisotopic (exact) mass is 562 g/mol. The SMILES string of the molecule is CC1C=C(c2ccc(C=O)cc2)NC(C(C=C(N)c2cc[nH][n+]2C)=NCCC(C)(F)I)=CC1. The van der Waals surface area contributed by atoms with Crippen LogP contribution in [0.4, 0.5) is 4.39 Å². The Kier molecular flexibility index (Phi) is 8.23. The zero-order valence-electron chi connectivity index (χ0n) is 19.1. The number of aliphatic imine (C=N–C) groups is 1. The largest absolute Gasteiger partial charge is 0.393 e. The molecule has 3 rings (SSSR count). The van der Waals surface area contributed by atoms with Crippen LogP contribution in [0.25, 0.3) is 11.4 Å². The number of benzene rings is 1. The van der Waals surface area contributed by atoms with Crippen molar-refractivity contribution in [2.45, 2.75) is 30.4 Å². The Hall–Kier alpha value is -2.75. The van der Waals surface area contributed by atoms with Crippen LogP contribution in [0.3, 0.4) is 0 Å². The van der Waals surface area contributed by atoms with E-state index in [0.29, 0.717) is 35.9 Å². The second-order valence-electron chi connectivity index (χ2n) is 8.37. The lowest BCUT2D eigenvalue weighted by Gasteiger charge is -2.15. The molecule has 1 aromatic heterocycles. The summed E-state index contributed by atoms with van der Waals surface area (Å²) in [7, 11) is 1.88. The molecule has 2 unspecified atom stereocenters. The second-order valence-corrected chi connectivity index (χ2v) is 10.6. The highest BCUT2D eigenvalue weighted by molar-refractivity contribution is 14.1. The molecular weight excluding hydrogens is 532 g/mol. The lowest BCUT2D eigenvalue weighted by Crippen LogP contribution is -2.35. The molecule has 8 heteroatoms. The number of aromatic nitrogens is 2. The van der Waals surface area contributed by atoms with Crippen LogP contribution in [0.5, 0.6) is 0 Å². The van der Waals surface area contributed by atoms with Crippen LogP contribution in [0.15, 0.2) is 65.4 Å². The highest BCUT2D eigenvalue weighted by atomic mass is 127. The van der Waals surface area contributed by atoms with Crippen molar-refractivity contribution in [1.82, 2.24) is 10.4 Å². The molecule has 33 heavy (non-hydrogen) atoms. The van der Waals surface area contributed by atoms with E-state index in [9.17, 15) is 9.18 Å². The van der Waals surface area contributed by atoms with E-state index in [0.717, 1.165) is 35.4 Å². The summed E-state index contributed by atoms with van der Waals surface area (Å²) < 4.78 is 14.6. The van der Waals surface area contributed by atoms with Gasteiger partial charge in [0, 0.05) is 30.3 Å². The smallest absolute Gasteiger partial charge is 0.253 e. The summed E-state index contributed by atoms with van der Waals surface area (Å²) in [6, 6.07) is 9.33. The van der Waals surface area contributed by atoms with Crippen molar-refractivity contribution >= 4 is 46.0 Å². The lowest BCUT2D eigenvalue weighted by atomic mass is 10.0. The van der Waals surface area contributed by atoms with Crippen LogP contribution in [0.1, 0.15) is 48.3 Å². The predicted molar refractivity (Wildman–Crippen MR) is 139 cm³/mol. The number of H-pyrrole nitrogens is 1. The Morgan fingerprint density at radius 1 is 1.36 bits per heavy atom. The number of nitrogens with one attached hydrogen (secondary N) is 2. The van der Waals surface area contributed by atoms with Gasteiger partial charge in [-0.05, 0) is 53.5 Å². The van der Waals surface area contributed by atoms with E-state index in [4.69, 9.17) is 10.7 Å². The number of hydrogen-bond acceptors (Lipinski definition) is 4. The molecule has 1 aromatic carbocycles. The van der Waals surface area contributed by atoms with Crippen LogP contribution in [-0.4, -0.2) is 27.3 Å². The minimum Gasteiger partial charge on any atom is -0.393 e. The molecule has 2 heterocycles. The van der Waals surface area contributed by atoms with E-state index >= 15 is 0 Å². The third kappa shape index (κ3) is 7.12. The summed E-state index contributed by atoms with van der Waals surface area (Å²) in [6.45, 7) is 4.02. The van der Waals surface area contributed by atoms with Gasteiger partial charge in [0.15, 0.2) is 10.7 Å². The van der Waals surface area contributed by atoms with E-state index in [1.54, 1.807) is 41.6 Å². The molecule has 1 aliphatic heterocycles. The maximum atomic E-state index is 14.1. The van der Waals surface area contributed by atoms with Crippen LogP contribution in [-0.2, 0) is 7.05 Å². The van der Waals surface area contributed by atoms with Crippen molar-refractivity contribution in [3.8, 4) is 0 Å². The summed E-state index contributed by atoms with van der Waals surface area (Å²) in [5.41, 5.74) is 11.8. The number of carbonyl (C=O) groups excluding carboxylic acids is 1. The van der Waals surface area contributed by atoms with Crippen LogP contribution >= 0.6 is 22.6 Å². The van der Waals surface area contributed by atoms with Gasteiger partial charge in [-0.1, -0.05) is 43.3 Å². The molecule has 0 aliphatic carbocycles. The molecule has 6 nitrogen and oxygen atoms in total. The third-order valence-corrected chi connectivity index (χ3v) is 5.88. The first kappa shape index (κ1) is 24.9. The summed E-state index contributed by atoms with van der Waals surface area (Å²) in [5.74, 6) is 0.296. The van der Waals surface area contributed by atoms with Gasteiger partial charge >= 0.3 is 0 Å². The Morgan fingerprint density at radius 3 is 2.70 bits per heavy atom. The number of aldehydes is 1. The normalized spacial score (nSPS) is 19.1. The number of nitrogens with zero attached hydrogens (tertiary/aromatic N) is 2. The van der Waals surface area contributed by atoms with Crippen molar-refractivity contribution in [3.63, 3.8) is 0 Å². The van der Waals surface area contributed by atoms with Crippen LogP contribution < -0.4 is 15.7 Å². The molecule has 1 aliphatic rings. The van der Waals surface area contributed by atoms with E-state index in [1.165, 1.54) is 0 Å². The second kappa shape index (κ2) is 10.9. The third-order valence-electron chi connectivity index (χ3n) is 5.34. The van der Waals surface area contributed by atoms with E-state index in [-0.39, 0.29) is 0 Å². The number of carbonyl (C=O) groups is 1. The average molecular weight is 562 g/mol. The highest BCUT2D eigenvalue weighted by Gasteiger charge is 2.19. The van der Waals surface area contributed by atoms with Gasteiger partial charge in [0.05, 0.1) is 17.6 Å². The molecular formula is C25H30FIN5O+. The molecule has 174 valence electrons. The van der Waals surface area contributed by atoms with Crippen molar-refractivity contribution in [1.29, 1.82) is 0 Å². The number of alkyl halides is 2. The zero-order chi connectivity index (χ0) is 24.0. The van der Waals surface area contributed by atoms with Gasteiger partial charge in [0.25, 0.3) is 5.69 Å². The molecule has 0 radical (unpaired) electrons. The zero-order valence-corrected chi connectivity index (χ0v) is 21.3. The molecule has 2 aromatic rings. The summed E-state index contributed by atoms with van der Waals surface area (Å²) in [4.78, 5) is 15.8. The summed E-state index contributed by atoms with van der Waals surface area (Å²) in [6.07, 6.45) is 9.85. The quantitative estimate of drug-likeness (QED) is 0.146. The van der Waals surface area contributed by atoms with Gasteiger partial charge in [-0.2, -0.15) is 5.10 Å². The number of hydrogen-bond donors (Lipinski definition) is 3. The first-order valence-electron chi connectivity index (χ1n) is 10.8. The number of rotatable bonds is 8. The average Bonchev–Trinajstić information content (AvgIpc) is 3.10. The fraction of sp³-hybridized carbons (Fsp3) is 0.320. The molecule has 4 N–H and O–H groups in total. The first-order chi connectivity index (χ1) is 15.7. The van der Waals surface area contributed by atoms with E-state index < -0.39 is 3.68 Å². The van der Waals surface area contributed by atoms with Gasteiger partial charge in [0.2, 0.25) is 0 Å². The number of aromatic amines is 1. The predicted octanol–water partition coefficient (Wildman–Crippen LogP) is 4.46. The molecule has 0 amide bonds. The number of halogens is 2. The van der Waals surface area contributed by atoms with Crippen LogP contribution in [0, 0.1) is 5.92 Å². The van der Waals surface area contributed by atoms with Gasteiger partial charge in [-0.25, -0.2) is 4.39 Å². The molecule has 2 atom stereocenters. The Morgan fingerprint density at radius 2 is 2.09 bits per heavy atom. The fourth-order valence-electron chi connectivity index (χ4n) is 3.47. The first-order valence-corrected chi connectivity index (χ1v) is 11.9. The van der Waals surface area contributed by atoms with E-state index in [1.807, 2.05) is 42.2 Å². The molecule has 0 fully saturated rings. The maximum absolute atomic E-state index is 14.1. The Labute approximate surface area is 207 Å². The number of aryl methyl sites for hydroxylation is 1. The molecule has 0 bridgehead atoms. The van der Waals surface area contributed by atoms with Crippen LogP contribution in [0.2, 0.25) is 0 Å². The minimum absolute atomic E-state index is 0.294. The van der Waals surface area contributed by atoms with Gasteiger partial charge in [-0.15, -0.1) is 4.68 Å². The van der Waals surface area contributed by atoms with Gasteiger partial charge < -0.3 is 11.1 Å². The van der Waals surface area contributed by atoms with Crippen molar-refractivity contribution in [3.05, 3.63) is 77.3 Å². The molecule has 0 saturated heterocycles. The van der Waals surface area contributed by atoms with Crippen molar-refractivity contribution in [2.24, 2.45) is 23.7 Å². The number of nitrogens with two attached hydrogens (primary N) is 1.